The van der Waals surface area contributed by atoms with Gasteiger partial charge in [-0.1, -0.05) is 12.1 Å². The summed E-state index contributed by atoms with van der Waals surface area (Å²) in [5.74, 6) is 0.943. The van der Waals surface area contributed by atoms with Crippen LogP contribution >= 0.6 is 0 Å². The Morgan fingerprint density at radius 2 is 2.07 bits per heavy atom. The highest BCUT2D eigenvalue weighted by atomic mass is 19.1. The Balaban J connectivity index is 1.54. The molecule has 3 aromatic rings. The van der Waals surface area contributed by atoms with Crippen LogP contribution < -0.4 is 0 Å². The molecule has 1 atom stereocenters. The summed E-state index contributed by atoms with van der Waals surface area (Å²) in [5.41, 5.74) is 1.51. The number of amides is 1. The van der Waals surface area contributed by atoms with Gasteiger partial charge in [-0.05, 0) is 43.0 Å². The molecule has 0 N–H and O–H groups in total. The van der Waals surface area contributed by atoms with Crippen molar-refractivity contribution in [2.24, 2.45) is 7.05 Å². The van der Waals surface area contributed by atoms with Crippen LogP contribution in [0.4, 0.5) is 4.39 Å². The van der Waals surface area contributed by atoms with Gasteiger partial charge in [0.1, 0.15) is 23.3 Å². The molecule has 0 bridgehead atoms. The maximum Gasteiger partial charge on any atom is 0.272 e. The van der Waals surface area contributed by atoms with E-state index in [1.807, 2.05) is 4.90 Å². The van der Waals surface area contributed by atoms with Crippen molar-refractivity contribution in [1.29, 1.82) is 0 Å². The number of nitrogens with zero attached hydrogens (tertiary/aromatic N) is 4. The lowest BCUT2D eigenvalue weighted by atomic mass is 10.0. The number of carbonyl (C=O) groups is 1. The summed E-state index contributed by atoms with van der Waals surface area (Å²) < 4.78 is 20.6. The summed E-state index contributed by atoms with van der Waals surface area (Å²) in [6, 6.07) is 7.88. The van der Waals surface area contributed by atoms with Crippen LogP contribution in [-0.2, 0) is 13.5 Å². The van der Waals surface area contributed by atoms with Crippen LogP contribution in [0.3, 0.4) is 0 Å². The average molecular weight is 368 g/mol. The van der Waals surface area contributed by atoms with E-state index in [1.54, 1.807) is 42.3 Å². The molecule has 1 amide bonds. The van der Waals surface area contributed by atoms with Crippen molar-refractivity contribution in [2.75, 3.05) is 6.54 Å². The Bertz CT molecular complexity index is 932. The topological polar surface area (TPSA) is 64.2 Å². The number of aromatic nitrogens is 3. The largest absolute Gasteiger partial charge is 0.443 e. The third-order valence-electron chi connectivity index (χ3n) is 4.95. The maximum absolute atomic E-state index is 13.1. The molecule has 6 nitrogen and oxygen atoms in total. The summed E-state index contributed by atoms with van der Waals surface area (Å²) in [6.07, 6.45) is 6.66. The highest BCUT2D eigenvalue weighted by molar-refractivity contribution is 5.92. The molecule has 1 aliphatic rings. The van der Waals surface area contributed by atoms with E-state index < -0.39 is 0 Å². The van der Waals surface area contributed by atoms with E-state index in [4.69, 9.17) is 4.42 Å². The van der Waals surface area contributed by atoms with Crippen molar-refractivity contribution in [2.45, 2.75) is 31.7 Å². The highest BCUT2D eigenvalue weighted by Crippen LogP contribution is 2.32. The fraction of sp³-hybridized carbons (Fsp3) is 0.350. The number of halogens is 1. The molecule has 1 saturated heterocycles. The summed E-state index contributed by atoms with van der Waals surface area (Å²) in [7, 11) is 1.76. The SMILES string of the molecule is Cn1nccc1C(=O)N1CCCC[C@H]1c1ncc(Cc2ccc(F)cc2)o1. The summed E-state index contributed by atoms with van der Waals surface area (Å²) in [6.45, 7) is 0.671. The molecule has 0 spiro atoms. The lowest BCUT2D eigenvalue weighted by Crippen LogP contribution is -2.39. The normalized spacial score (nSPS) is 17.3. The van der Waals surface area contributed by atoms with E-state index in [2.05, 4.69) is 10.1 Å². The number of oxazole rings is 1. The van der Waals surface area contributed by atoms with Gasteiger partial charge in [-0.3, -0.25) is 9.48 Å². The number of hydrogen-bond acceptors (Lipinski definition) is 4. The molecular weight excluding hydrogens is 347 g/mol. The zero-order chi connectivity index (χ0) is 18.8. The standard InChI is InChI=1S/C20H21FN4O2/c1-24-18(9-10-23-24)20(26)25-11-3-2-4-17(25)19-22-13-16(27-19)12-14-5-7-15(21)8-6-14/h5-10,13,17H,2-4,11-12H2,1H3/t17-/m0/s1. The first-order chi connectivity index (χ1) is 13.1. The highest BCUT2D eigenvalue weighted by Gasteiger charge is 2.33. The molecule has 140 valence electrons. The van der Waals surface area contributed by atoms with E-state index in [0.29, 0.717) is 30.3 Å². The van der Waals surface area contributed by atoms with E-state index in [1.165, 1.54) is 12.1 Å². The molecule has 0 radical (unpaired) electrons. The van der Waals surface area contributed by atoms with Crippen LogP contribution in [0.2, 0.25) is 0 Å². The monoisotopic (exact) mass is 368 g/mol. The number of hydrogen-bond donors (Lipinski definition) is 0. The lowest BCUT2D eigenvalue weighted by molar-refractivity contribution is 0.0558. The van der Waals surface area contributed by atoms with E-state index in [-0.39, 0.29) is 17.8 Å². The second-order valence-electron chi connectivity index (χ2n) is 6.82. The van der Waals surface area contributed by atoms with Gasteiger partial charge in [-0.25, -0.2) is 9.37 Å². The molecule has 3 heterocycles. The van der Waals surface area contributed by atoms with Crippen molar-refractivity contribution in [3.8, 4) is 0 Å². The number of aryl methyl sites for hydroxylation is 1. The van der Waals surface area contributed by atoms with Gasteiger partial charge in [0.2, 0.25) is 5.89 Å². The molecule has 1 aromatic carbocycles. The summed E-state index contributed by atoms with van der Waals surface area (Å²) in [5, 5.41) is 4.09. The van der Waals surface area contributed by atoms with Crippen LogP contribution in [-0.4, -0.2) is 32.1 Å². The smallest absolute Gasteiger partial charge is 0.272 e. The van der Waals surface area contributed by atoms with Gasteiger partial charge in [0.15, 0.2) is 0 Å². The Labute approximate surface area is 156 Å². The van der Waals surface area contributed by atoms with E-state index >= 15 is 0 Å². The fourth-order valence-electron chi connectivity index (χ4n) is 3.52. The molecule has 0 saturated carbocycles. The van der Waals surface area contributed by atoms with Gasteiger partial charge in [0, 0.05) is 26.2 Å². The number of likely N-dealkylation sites (tertiary alicyclic amines) is 1. The minimum absolute atomic E-state index is 0.0574. The predicted molar refractivity (Wildman–Crippen MR) is 96.5 cm³/mol. The van der Waals surface area contributed by atoms with Gasteiger partial charge in [0.25, 0.3) is 5.91 Å². The van der Waals surface area contributed by atoms with Gasteiger partial charge >= 0.3 is 0 Å². The van der Waals surface area contributed by atoms with Gasteiger partial charge in [-0.2, -0.15) is 5.10 Å². The second-order valence-corrected chi connectivity index (χ2v) is 6.82. The van der Waals surface area contributed by atoms with Gasteiger partial charge in [-0.15, -0.1) is 0 Å². The fourth-order valence-corrected chi connectivity index (χ4v) is 3.52. The molecule has 27 heavy (non-hydrogen) atoms. The van der Waals surface area contributed by atoms with Gasteiger partial charge in [0.05, 0.1) is 6.20 Å². The predicted octanol–water partition coefficient (Wildman–Crippen LogP) is 3.51. The molecule has 0 aliphatic carbocycles. The van der Waals surface area contributed by atoms with Crippen molar-refractivity contribution >= 4 is 5.91 Å². The van der Waals surface area contributed by atoms with Crippen molar-refractivity contribution in [3.63, 3.8) is 0 Å². The molecule has 1 aliphatic heterocycles. The first-order valence-corrected chi connectivity index (χ1v) is 9.10. The molecule has 7 heteroatoms. The molecule has 2 aromatic heterocycles. The molecule has 0 unspecified atom stereocenters. The number of piperidine rings is 1. The van der Waals surface area contributed by atoms with Crippen LogP contribution in [0.5, 0.6) is 0 Å². The minimum Gasteiger partial charge on any atom is -0.443 e. The molecular formula is C20H21FN4O2. The minimum atomic E-state index is -0.261. The lowest BCUT2D eigenvalue weighted by Gasteiger charge is -2.33. The second kappa shape index (κ2) is 7.34. The molecule has 1 fully saturated rings. The zero-order valence-electron chi connectivity index (χ0n) is 15.1. The van der Waals surface area contributed by atoms with Crippen molar-refractivity contribution in [3.05, 3.63) is 71.5 Å². The number of carbonyl (C=O) groups excluding carboxylic acids is 1. The van der Waals surface area contributed by atoms with E-state index in [0.717, 1.165) is 24.8 Å². The number of benzene rings is 1. The Morgan fingerprint density at radius 1 is 1.26 bits per heavy atom. The van der Waals surface area contributed by atoms with E-state index in [9.17, 15) is 9.18 Å². The quantitative estimate of drug-likeness (QED) is 0.707. The Morgan fingerprint density at radius 3 is 2.81 bits per heavy atom. The average Bonchev–Trinajstić information content (AvgIpc) is 3.32. The van der Waals surface area contributed by atoms with Crippen LogP contribution in [0.15, 0.2) is 47.1 Å². The first-order valence-electron chi connectivity index (χ1n) is 9.10. The Hall–Kier alpha value is -2.96. The first kappa shape index (κ1) is 17.5. The van der Waals surface area contributed by atoms with Crippen molar-refractivity contribution in [1.82, 2.24) is 19.7 Å². The van der Waals surface area contributed by atoms with Crippen LogP contribution in [0.1, 0.15) is 53.0 Å². The van der Waals surface area contributed by atoms with Crippen LogP contribution in [0.25, 0.3) is 0 Å². The summed E-state index contributed by atoms with van der Waals surface area (Å²) in [4.78, 5) is 19.2. The molecule has 4 rings (SSSR count). The Kier molecular flexibility index (Phi) is 4.75. The maximum atomic E-state index is 13.1. The third kappa shape index (κ3) is 3.63. The summed E-state index contributed by atoms with van der Waals surface area (Å²) >= 11 is 0. The van der Waals surface area contributed by atoms with Crippen LogP contribution in [0, 0.1) is 5.82 Å². The van der Waals surface area contributed by atoms with Crippen molar-refractivity contribution < 1.29 is 13.6 Å². The van der Waals surface area contributed by atoms with Gasteiger partial charge < -0.3 is 9.32 Å². The number of rotatable bonds is 4. The third-order valence-corrected chi connectivity index (χ3v) is 4.95. The zero-order valence-corrected chi connectivity index (χ0v) is 15.1.